The lowest BCUT2D eigenvalue weighted by Crippen LogP contribution is -2.46. The molecule has 1 amide bonds. The van der Waals surface area contributed by atoms with Gasteiger partial charge in [0.1, 0.15) is 5.75 Å². The molecule has 142 valence electrons. The standard InChI is InChI=1S/C19H24N2O4.ClH/c1-24-19(23)14-5-13(6-17(7-14)25-11-12-3-2-4-12)18(22)21-10-15-8-16(21)9-20-15;/h5-7,12,15-16,20H,2-4,8-11H2,1H3;1H/t15-,16-;/m0./s1. The number of fused-ring (bicyclic) bond motifs is 2. The van der Waals surface area contributed by atoms with Gasteiger partial charge >= 0.3 is 5.97 Å². The number of nitrogens with zero attached hydrogens (tertiary/aromatic N) is 1. The minimum atomic E-state index is -0.451. The van der Waals surface area contributed by atoms with Crippen molar-refractivity contribution in [1.82, 2.24) is 10.2 Å². The van der Waals surface area contributed by atoms with Crippen LogP contribution >= 0.6 is 12.4 Å². The molecule has 3 aliphatic rings. The van der Waals surface area contributed by atoms with Gasteiger partial charge in [-0.3, -0.25) is 4.79 Å². The number of likely N-dealkylation sites (tertiary alicyclic amines) is 1. The molecule has 7 heteroatoms. The van der Waals surface area contributed by atoms with E-state index in [1.54, 1.807) is 18.2 Å². The molecule has 0 radical (unpaired) electrons. The van der Waals surface area contributed by atoms with Gasteiger partial charge in [0.2, 0.25) is 0 Å². The van der Waals surface area contributed by atoms with Crippen LogP contribution in [-0.4, -0.2) is 55.7 Å². The van der Waals surface area contributed by atoms with Crippen molar-refractivity contribution in [3.8, 4) is 5.75 Å². The van der Waals surface area contributed by atoms with E-state index in [1.165, 1.54) is 26.4 Å². The van der Waals surface area contributed by atoms with Crippen molar-refractivity contribution in [3.05, 3.63) is 29.3 Å². The van der Waals surface area contributed by atoms with Crippen molar-refractivity contribution in [2.75, 3.05) is 26.8 Å². The Labute approximate surface area is 159 Å². The molecule has 0 aromatic heterocycles. The number of hydrogen-bond donors (Lipinski definition) is 1. The topological polar surface area (TPSA) is 67.9 Å². The molecule has 2 aliphatic heterocycles. The van der Waals surface area contributed by atoms with Gasteiger partial charge in [0, 0.05) is 30.7 Å². The van der Waals surface area contributed by atoms with Gasteiger partial charge in [-0.05, 0) is 43.4 Å². The Hall–Kier alpha value is -1.79. The van der Waals surface area contributed by atoms with Crippen LogP contribution in [0.5, 0.6) is 5.75 Å². The first-order valence-electron chi connectivity index (χ1n) is 9.04. The number of carbonyl (C=O) groups excluding carboxylic acids is 2. The lowest BCUT2D eigenvalue weighted by Gasteiger charge is -2.28. The lowest BCUT2D eigenvalue weighted by molar-refractivity contribution is 0.0600. The van der Waals surface area contributed by atoms with Crippen molar-refractivity contribution in [2.45, 2.75) is 37.8 Å². The Morgan fingerprint density at radius 2 is 2.00 bits per heavy atom. The fourth-order valence-electron chi connectivity index (χ4n) is 3.89. The summed E-state index contributed by atoms with van der Waals surface area (Å²) in [7, 11) is 1.34. The molecule has 1 N–H and O–H groups in total. The average Bonchev–Trinajstić information content (AvgIpc) is 3.22. The van der Waals surface area contributed by atoms with E-state index in [4.69, 9.17) is 9.47 Å². The van der Waals surface area contributed by atoms with Crippen LogP contribution in [0.25, 0.3) is 0 Å². The zero-order valence-corrected chi connectivity index (χ0v) is 15.7. The summed E-state index contributed by atoms with van der Waals surface area (Å²) in [6, 6.07) is 5.68. The zero-order valence-electron chi connectivity index (χ0n) is 14.9. The second kappa shape index (κ2) is 7.84. The zero-order chi connectivity index (χ0) is 17.4. The third kappa shape index (κ3) is 3.67. The van der Waals surface area contributed by atoms with E-state index in [0.29, 0.717) is 35.4 Å². The van der Waals surface area contributed by atoms with Crippen LogP contribution in [0.2, 0.25) is 0 Å². The van der Waals surface area contributed by atoms with Crippen molar-refractivity contribution >= 4 is 24.3 Å². The third-order valence-electron chi connectivity index (χ3n) is 5.60. The fourth-order valence-corrected chi connectivity index (χ4v) is 3.89. The number of ether oxygens (including phenoxy) is 2. The summed E-state index contributed by atoms with van der Waals surface area (Å²) >= 11 is 0. The van der Waals surface area contributed by atoms with Gasteiger partial charge in [-0.2, -0.15) is 0 Å². The Kier molecular flexibility index (Phi) is 5.73. The maximum atomic E-state index is 12.9. The number of rotatable bonds is 5. The molecular weight excluding hydrogens is 356 g/mol. The molecule has 2 saturated heterocycles. The highest BCUT2D eigenvalue weighted by Gasteiger charge is 2.40. The number of esters is 1. The summed E-state index contributed by atoms with van der Waals surface area (Å²) in [6.07, 6.45) is 4.64. The van der Waals surface area contributed by atoms with Gasteiger partial charge in [-0.15, -0.1) is 12.4 Å². The Morgan fingerprint density at radius 3 is 2.58 bits per heavy atom. The second-order valence-electron chi connectivity index (χ2n) is 7.30. The number of halogens is 1. The van der Waals surface area contributed by atoms with E-state index < -0.39 is 5.97 Å². The SMILES string of the molecule is COC(=O)c1cc(OCC2CCC2)cc(C(=O)N2C[C@@H]3C[C@H]2CN3)c1.Cl. The first kappa shape index (κ1) is 19.0. The number of amides is 1. The molecule has 3 fully saturated rings. The molecule has 2 bridgehead atoms. The van der Waals surface area contributed by atoms with Gasteiger partial charge in [-0.25, -0.2) is 4.79 Å². The van der Waals surface area contributed by atoms with Crippen molar-refractivity contribution < 1.29 is 19.1 Å². The highest BCUT2D eigenvalue weighted by Crippen LogP contribution is 2.29. The minimum Gasteiger partial charge on any atom is -0.493 e. The molecule has 1 aromatic rings. The maximum absolute atomic E-state index is 12.9. The number of carbonyl (C=O) groups is 2. The first-order valence-corrected chi connectivity index (χ1v) is 9.04. The van der Waals surface area contributed by atoms with E-state index in [0.717, 1.165) is 19.5 Å². The van der Waals surface area contributed by atoms with Crippen LogP contribution in [0.15, 0.2) is 18.2 Å². The highest BCUT2D eigenvalue weighted by atomic mass is 35.5. The summed E-state index contributed by atoms with van der Waals surface area (Å²) < 4.78 is 10.7. The molecule has 6 nitrogen and oxygen atoms in total. The van der Waals surface area contributed by atoms with Gasteiger partial charge in [-0.1, -0.05) is 6.42 Å². The molecule has 0 unspecified atom stereocenters. The molecule has 26 heavy (non-hydrogen) atoms. The summed E-state index contributed by atoms with van der Waals surface area (Å²) in [5, 5.41) is 3.40. The normalized spacial score (nSPS) is 24.0. The Bertz CT molecular complexity index is 692. The van der Waals surface area contributed by atoms with Crippen LogP contribution < -0.4 is 10.1 Å². The van der Waals surface area contributed by atoms with E-state index in [-0.39, 0.29) is 24.4 Å². The summed E-state index contributed by atoms with van der Waals surface area (Å²) in [6.45, 7) is 2.21. The molecule has 1 saturated carbocycles. The predicted molar refractivity (Wildman–Crippen MR) is 99.1 cm³/mol. The molecule has 0 spiro atoms. The van der Waals surface area contributed by atoms with E-state index >= 15 is 0 Å². The predicted octanol–water partition coefficient (Wildman–Crippen LogP) is 2.26. The Morgan fingerprint density at radius 1 is 1.23 bits per heavy atom. The number of piperazine rings is 1. The van der Waals surface area contributed by atoms with Gasteiger partial charge in [0.05, 0.1) is 19.3 Å². The van der Waals surface area contributed by atoms with E-state index in [1.807, 2.05) is 4.90 Å². The van der Waals surface area contributed by atoms with E-state index in [2.05, 4.69) is 5.32 Å². The largest absolute Gasteiger partial charge is 0.493 e. The summed E-state index contributed by atoms with van der Waals surface area (Å²) in [5.74, 6) is 0.669. The quantitative estimate of drug-likeness (QED) is 0.793. The number of benzene rings is 1. The summed E-state index contributed by atoms with van der Waals surface area (Å²) in [5.41, 5.74) is 0.860. The van der Waals surface area contributed by atoms with Crippen LogP contribution in [0.3, 0.4) is 0 Å². The average molecular weight is 381 g/mol. The lowest BCUT2D eigenvalue weighted by atomic mass is 9.86. The molecule has 4 rings (SSSR count). The van der Waals surface area contributed by atoms with Gasteiger partial charge in [0.15, 0.2) is 0 Å². The number of methoxy groups -OCH3 is 1. The second-order valence-corrected chi connectivity index (χ2v) is 7.30. The smallest absolute Gasteiger partial charge is 0.338 e. The molecule has 2 atom stereocenters. The fraction of sp³-hybridized carbons (Fsp3) is 0.579. The number of nitrogens with one attached hydrogen (secondary N) is 1. The molecule has 1 aliphatic carbocycles. The molecule has 1 aromatic carbocycles. The van der Waals surface area contributed by atoms with E-state index in [9.17, 15) is 9.59 Å². The van der Waals surface area contributed by atoms with Gasteiger partial charge in [0.25, 0.3) is 5.91 Å². The van der Waals surface area contributed by atoms with Crippen molar-refractivity contribution in [1.29, 1.82) is 0 Å². The monoisotopic (exact) mass is 380 g/mol. The summed E-state index contributed by atoms with van der Waals surface area (Å²) in [4.78, 5) is 26.8. The van der Waals surface area contributed by atoms with Crippen LogP contribution in [0.1, 0.15) is 46.4 Å². The highest BCUT2D eigenvalue weighted by molar-refractivity contribution is 5.99. The molecular formula is C19H25ClN2O4. The maximum Gasteiger partial charge on any atom is 0.338 e. The van der Waals surface area contributed by atoms with Crippen molar-refractivity contribution in [3.63, 3.8) is 0 Å². The first-order chi connectivity index (χ1) is 12.1. The van der Waals surface area contributed by atoms with Crippen LogP contribution in [0, 0.1) is 5.92 Å². The third-order valence-corrected chi connectivity index (χ3v) is 5.60. The van der Waals surface area contributed by atoms with Crippen molar-refractivity contribution in [2.24, 2.45) is 5.92 Å². The van der Waals surface area contributed by atoms with Crippen LogP contribution in [-0.2, 0) is 4.74 Å². The number of hydrogen-bond acceptors (Lipinski definition) is 5. The minimum absolute atomic E-state index is 0. The molecule has 2 heterocycles. The Balaban J connectivity index is 0.00000196. The van der Waals surface area contributed by atoms with Gasteiger partial charge < -0.3 is 19.7 Å². The van der Waals surface area contributed by atoms with Crippen LogP contribution in [0.4, 0.5) is 0 Å².